The summed E-state index contributed by atoms with van der Waals surface area (Å²) in [6, 6.07) is 0.272. The number of likely N-dealkylation sites (tertiary alicyclic amines) is 1. The molecule has 1 aliphatic rings. The SMILES string of the molecule is CCCCCCCCCCCCCCC(=O)NC1CC(C)(C)N(CCN)C(C)(C)C1. The predicted octanol–water partition coefficient (Wildman–Crippen LogP) is 6.17. The van der Waals surface area contributed by atoms with E-state index in [4.69, 9.17) is 5.73 Å². The van der Waals surface area contributed by atoms with Crippen LogP contribution in [0.1, 0.15) is 131 Å². The van der Waals surface area contributed by atoms with E-state index in [0.29, 0.717) is 13.0 Å². The number of carbonyl (C=O) groups is 1. The Kier molecular flexibility index (Phi) is 13.2. The van der Waals surface area contributed by atoms with E-state index < -0.39 is 0 Å². The van der Waals surface area contributed by atoms with Crippen LogP contribution in [-0.4, -0.2) is 41.0 Å². The maximum absolute atomic E-state index is 12.5. The molecule has 4 heteroatoms. The Hall–Kier alpha value is -0.610. The smallest absolute Gasteiger partial charge is 0.220 e. The number of hydrogen-bond donors (Lipinski definition) is 2. The van der Waals surface area contributed by atoms with E-state index in [1.807, 2.05) is 0 Å². The summed E-state index contributed by atoms with van der Waals surface area (Å²) in [4.78, 5) is 15.0. The van der Waals surface area contributed by atoms with Crippen LogP contribution in [0.2, 0.25) is 0 Å². The third-order valence-electron chi connectivity index (χ3n) is 6.93. The van der Waals surface area contributed by atoms with Crippen LogP contribution >= 0.6 is 0 Å². The maximum Gasteiger partial charge on any atom is 0.220 e. The average Bonchev–Trinajstić information content (AvgIpc) is 2.65. The van der Waals surface area contributed by atoms with Crippen molar-refractivity contribution >= 4 is 5.91 Å². The van der Waals surface area contributed by atoms with Crippen molar-refractivity contribution in [3.8, 4) is 0 Å². The first-order chi connectivity index (χ1) is 14.2. The van der Waals surface area contributed by atoms with Crippen molar-refractivity contribution in [2.45, 2.75) is 148 Å². The summed E-state index contributed by atoms with van der Waals surface area (Å²) in [5.74, 6) is 0.242. The Morgan fingerprint density at radius 2 is 1.27 bits per heavy atom. The summed E-state index contributed by atoms with van der Waals surface area (Å²) < 4.78 is 0. The highest BCUT2D eigenvalue weighted by Gasteiger charge is 2.44. The molecule has 0 aliphatic carbocycles. The molecule has 1 aliphatic heterocycles. The van der Waals surface area contributed by atoms with E-state index in [1.165, 1.54) is 70.6 Å². The second-order valence-corrected chi connectivity index (χ2v) is 10.9. The van der Waals surface area contributed by atoms with Gasteiger partial charge in [-0.25, -0.2) is 0 Å². The first-order valence-electron chi connectivity index (χ1n) is 13.0. The summed E-state index contributed by atoms with van der Waals surface area (Å²) in [5, 5.41) is 3.34. The minimum atomic E-state index is 0.0646. The molecule has 1 amide bonds. The number of nitrogens with zero attached hydrogens (tertiary/aromatic N) is 1. The van der Waals surface area contributed by atoms with Gasteiger partial charge in [-0.05, 0) is 47.0 Å². The van der Waals surface area contributed by atoms with Gasteiger partial charge in [0.1, 0.15) is 0 Å². The summed E-state index contributed by atoms with van der Waals surface area (Å²) in [6.45, 7) is 13.0. The lowest BCUT2D eigenvalue weighted by Crippen LogP contribution is -2.65. The van der Waals surface area contributed by atoms with Crippen LogP contribution in [0.25, 0.3) is 0 Å². The van der Waals surface area contributed by atoms with Gasteiger partial charge in [-0.1, -0.05) is 77.6 Å². The second kappa shape index (κ2) is 14.5. The lowest BCUT2D eigenvalue weighted by molar-refractivity contribution is -0.123. The van der Waals surface area contributed by atoms with Gasteiger partial charge in [-0.3, -0.25) is 9.69 Å². The third kappa shape index (κ3) is 10.6. The molecule has 0 bridgehead atoms. The van der Waals surface area contributed by atoms with E-state index in [-0.39, 0.29) is 23.0 Å². The summed E-state index contributed by atoms with van der Waals surface area (Å²) in [5.41, 5.74) is 5.97. The molecular formula is C26H53N3O. The largest absolute Gasteiger partial charge is 0.353 e. The van der Waals surface area contributed by atoms with Gasteiger partial charge in [-0.2, -0.15) is 0 Å². The van der Waals surface area contributed by atoms with Gasteiger partial charge in [0.25, 0.3) is 0 Å². The van der Waals surface area contributed by atoms with E-state index in [1.54, 1.807) is 0 Å². The Bertz CT molecular complexity index is 443. The van der Waals surface area contributed by atoms with Gasteiger partial charge < -0.3 is 11.1 Å². The standard InChI is InChI=1S/C26H53N3O/c1-6-7-8-9-10-11-12-13-14-15-16-17-18-24(30)28-23-21-25(2,3)29(20-19-27)26(4,5)22-23/h23H,6-22,27H2,1-5H3,(H,28,30). The number of amides is 1. The number of carbonyl (C=O) groups excluding carboxylic acids is 1. The van der Waals surface area contributed by atoms with Crippen molar-refractivity contribution in [1.82, 2.24) is 10.2 Å². The number of hydrogen-bond acceptors (Lipinski definition) is 3. The molecule has 3 N–H and O–H groups in total. The minimum Gasteiger partial charge on any atom is -0.353 e. The normalized spacial score (nSPS) is 19.1. The van der Waals surface area contributed by atoms with Crippen LogP contribution in [0, 0.1) is 0 Å². The molecule has 1 rings (SSSR count). The molecular weight excluding hydrogens is 370 g/mol. The molecule has 1 fully saturated rings. The zero-order valence-electron chi connectivity index (χ0n) is 21.0. The topological polar surface area (TPSA) is 58.4 Å². The van der Waals surface area contributed by atoms with Gasteiger partial charge in [0.2, 0.25) is 5.91 Å². The number of rotatable bonds is 16. The van der Waals surface area contributed by atoms with Crippen LogP contribution in [0.3, 0.4) is 0 Å². The summed E-state index contributed by atoms with van der Waals surface area (Å²) >= 11 is 0. The fourth-order valence-corrected chi connectivity index (χ4v) is 5.58. The van der Waals surface area contributed by atoms with Crippen molar-refractivity contribution < 1.29 is 4.79 Å². The monoisotopic (exact) mass is 423 g/mol. The molecule has 0 atom stereocenters. The Balaban J connectivity index is 2.12. The Morgan fingerprint density at radius 3 is 1.70 bits per heavy atom. The molecule has 0 aromatic carbocycles. The van der Waals surface area contributed by atoms with E-state index >= 15 is 0 Å². The van der Waals surface area contributed by atoms with Crippen LogP contribution in [0.5, 0.6) is 0 Å². The van der Waals surface area contributed by atoms with Crippen molar-refractivity contribution in [3.63, 3.8) is 0 Å². The Morgan fingerprint density at radius 1 is 0.833 bits per heavy atom. The van der Waals surface area contributed by atoms with Crippen LogP contribution in [0.15, 0.2) is 0 Å². The molecule has 0 spiro atoms. The predicted molar refractivity (Wildman–Crippen MR) is 131 cm³/mol. The number of nitrogens with two attached hydrogens (primary N) is 1. The fourth-order valence-electron chi connectivity index (χ4n) is 5.58. The molecule has 1 saturated heterocycles. The first-order valence-corrected chi connectivity index (χ1v) is 13.0. The lowest BCUT2D eigenvalue weighted by atomic mass is 9.77. The van der Waals surface area contributed by atoms with Crippen molar-refractivity contribution in [2.75, 3.05) is 13.1 Å². The van der Waals surface area contributed by atoms with Gasteiger partial charge >= 0.3 is 0 Å². The molecule has 0 aromatic rings. The quantitative estimate of drug-likeness (QED) is 0.292. The van der Waals surface area contributed by atoms with Gasteiger partial charge in [0.15, 0.2) is 0 Å². The zero-order valence-corrected chi connectivity index (χ0v) is 21.0. The average molecular weight is 424 g/mol. The van der Waals surface area contributed by atoms with Crippen molar-refractivity contribution in [2.24, 2.45) is 5.73 Å². The van der Waals surface area contributed by atoms with Gasteiger partial charge in [-0.15, -0.1) is 0 Å². The lowest BCUT2D eigenvalue weighted by Gasteiger charge is -2.55. The van der Waals surface area contributed by atoms with E-state index in [2.05, 4.69) is 44.8 Å². The van der Waals surface area contributed by atoms with Crippen LogP contribution in [-0.2, 0) is 4.79 Å². The number of unbranched alkanes of at least 4 members (excludes halogenated alkanes) is 11. The highest BCUT2D eigenvalue weighted by Crippen LogP contribution is 2.38. The number of piperidine rings is 1. The number of nitrogens with one attached hydrogen (secondary N) is 1. The minimum absolute atomic E-state index is 0.0646. The molecule has 178 valence electrons. The molecule has 0 saturated carbocycles. The summed E-state index contributed by atoms with van der Waals surface area (Å²) in [6.07, 6.45) is 18.7. The molecule has 30 heavy (non-hydrogen) atoms. The van der Waals surface area contributed by atoms with Crippen LogP contribution < -0.4 is 11.1 Å². The Labute approximate surface area is 188 Å². The maximum atomic E-state index is 12.5. The molecule has 0 aromatic heterocycles. The molecule has 0 unspecified atom stereocenters. The van der Waals surface area contributed by atoms with E-state index in [0.717, 1.165) is 25.8 Å². The van der Waals surface area contributed by atoms with Crippen molar-refractivity contribution in [1.29, 1.82) is 0 Å². The van der Waals surface area contributed by atoms with Gasteiger partial charge in [0.05, 0.1) is 0 Å². The second-order valence-electron chi connectivity index (χ2n) is 10.9. The van der Waals surface area contributed by atoms with Crippen molar-refractivity contribution in [3.05, 3.63) is 0 Å². The molecule has 4 nitrogen and oxygen atoms in total. The first kappa shape index (κ1) is 27.4. The van der Waals surface area contributed by atoms with Gasteiger partial charge in [0, 0.05) is 36.6 Å². The summed E-state index contributed by atoms with van der Waals surface area (Å²) in [7, 11) is 0. The van der Waals surface area contributed by atoms with Crippen LogP contribution in [0.4, 0.5) is 0 Å². The zero-order chi connectivity index (χ0) is 22.5. The van der Waals surface area contributed by atoms with E-state index in [9.17, 15) is 4.79 Å². The molecule has 1 heterocycles. The fraction of sp³-hybridized carbons (Fsp3) is 0.962. The highest BCUT2D eigenvalue weighted by molar-refractivity contribution is 5.76. The third-order valence-corrected chi connectivity index (χ3v) is 6.93. The molecule has 0 radical (unpaired) electrons. The highest BCUT2D eigenvalue weighted by atomic mass is 16.1.